The summed E-state index contributed by atoms with van der Waals surface area (Å²) in [7, 11) is -2.29. The molecule has 0 aliphatic heterocycles. The maximum Gasteiger partial charge on any atom is 0.312 e. The van der Waals surface area contributed by atoms with Gasteiger partial charge in [-0.1, -0.05) is 0 Å². The van der Waals surface area contributed by atoms with Gasteiger partial charge in [-0.25, -0.2) is 0 Å². The van der Waals surface area contributed by atoms with Crippen molar-refractivity contribution >= 4 is 10.1 Å². The minimum absolute atomic E-state index is 0.0758. The van der Waals surface area contributed by atoms with E-state index in [9.17, 15) is 8.42 Å². The molecule has 0 unspecified atom stereocenters. The summed E-state index contributed by atoms with van der Waals surface area (Å²) in [6, 6.07) is 2.71. The molecule has 0 saturated heterocycles. The molecule has 0 fully saturated rings. The molecule has 1 heterocycles. The second kappa shape index (κ2) is 3.61. The lowest BCUT2D eigenvalue weighted by Crippen LogP contribution is -2.15. The summed E-state index contributed by atoms with van der Waals surface area (Å²) in [5, 5.41) is 0. The fraction of sp³-hybridized carbons (Fsp3) is 0.167. The summed E-state index contributed by atoms with van der Waals surface area (Å²) in [5.41, 5.74) is 2.10. The van der Waals surface area contributed by atoms with Crippen LogP contribution in [0.3, 0.4) is 0 Å². The van der Waals surface area contributed by atoms with Crippen molar-refractivity contribution in [3.63, 3.8) is 0 Å². The van der Waals surface area contributed by atoms with Crippen molar-refractivity contribution in [1.82, 2.24) is 10.5 Å². The molecule has 6 heteroatoms. The molecule has 1 aromatic heterocycles. The molecule has 0 amide bonds. The predicted octanol–water partition coefficient (Wildman–Crippen LogP) is -0.0787. The van der Waals surface area contributed by atoms with Gasteiger partial charge in [-0.15, -0.1) is 0 Å². The van der Waals surface area contributed by atoms with Gasteiger partial charge in [0.2, 0.25) is 0 Å². The van der Waals surface area contributed by atoms with Crippen LogP contribution in [-0.2, 0) is 14.4 Å². The predicted molar refractivity (Wildman–Crippen MR) is 41.6 cm³/mol. The number of hydrogen-bond acceptors (Lipinski definition) is 5. The van der Waals surface area contributed by atoms with Crippen LogP contribution in [0.2, 0.25) is 0 Å². The summed E-state index contributed by atoms with van der Waals surface area (Å²) < 4.78 is 26.5. The van der Waals surface area contributed by atoms with E-state index in [1.165, 1.54) is 31.6 Å². The van der Waals surface area contributed by atoms with Crippen molar-refractivity contribution in [3.05, 3.63) is 24.5 Å². The quantitative estimate of drug-likeness (QED) is 0.672. The topological polar surface area (TPSA) is 68.3 Å². The highest BCUT2D eigenvalue weighted by atomic mass is 32.2. The van der Waals surface area contributed by atoms with Gasteiger partial charge in [0.25, 0.3) is 0 Å². The monoisotopic (exact) mass is 188 g/mol. The zero-order valence-corrected chi connectivity index (χ0v) is 7.21. The van der Waals surface area contributed by atoms with Gasteiger partial charge in [0.05, 0.1) is 4.90 Å². The van der Waals surface area contributed by atoms with Crippen LogP contribution in [0.4, 0.5) is 0 Å². The van der Waals surface area contributed by atoms with Gasteiger partial charge in [0, 0.05) is 19.4 Å². The summed E-state index contributed by atoms with van der Waals surface area (Å²) in [4.78, 5) is 3.75. The van der Waals surface area contributed by atoms with E-state index in [1.54, 1.807) is 0 Å². The van der Waals surface area contributed by atoms with E-state index in [-0.39, 0.29) is 4.90 Å². The number of pyridine rings is 1. The Kier molecular flexibility index (Phi) is 2.74. The summed E-state index contributed by atoms with van der Waals surface area (Å²) >= 11 is 0. The van der Waals surface area contributed by atoms with Crippen LogP contribution in [-0.4, -0.2) is 20.4 Å². The molecular weight excluding hydrogens is 180 g/mol. The second-order valence-corrected chi connectivity index (χ2v) is 3.47. The van der Waals surface area contributed by atoms with E-state index in [0.717, 1.165) is 0 Å². The normalized spacial score (nSPS) is 11.4. The molecule has 5 nitrogen and oxygen atoms in total. The van der Waals surface area contributed by atoms with Gasteiger partial charge in [-0.05, 0) is 12.1 Å². The Morgan fingerprint density at radius 3 is 2.50 bits per heavy atom. The Morgan fingerprint density at radius 2 is 2.00 bits per heavy atom. The molecule has 1 rings (SSSR count). The summed E-state index contributed by atoms with van der Waals surface area (Å²) in [5.74, 6) is 0. The summed E-state index contributed by atoms with van der Waals surface area (Å²) in [6.45, 7) is 0. The Labute approximate surface area is 70.5 Å². The number of nitrogens with zero attached hydrogens (tertiary/aromatic N) is 1. The summed E-state index contributed by atoms with van der Waals surface area (Å²) in [6.07, 6.45) is 2.76. The van der Waals surface area contributed by atoms with Crippen molar-refractivity contribution < 1.29 is 12.7 Å². The van der Waals surface area contributed by atoms with E-state index < -0.39 is 10.1 Å². The van der Waals surface area contributed by atoms with Gasteiger partial charge in [-0.3, -0.25) is 4.98 Å². The molecule has 1 aromatic rings. The number of aromatic nitrogens is 1. The second-order valence-electron chi connectivity index (χ2n) is 1.92. The third-order valence-electron chi connectivity index (χ3n) is 1.13. The minimum Gasteiger partial charge on any atom is -0.265 e. The number of nitrogens with one attached hydrogen (secondary N) is 1. The lowest BCUT2D eigenvalue weighted by molar-refractivity contribution is 0.231. The molecule has 0 aromatic carbocycles. The maximum absolute atomic E-state index is 11.1. The van der Waals surface area contributed by atoms with Crippen LogP contribution < -0.4 is 5.48 Å². The Hall–Kier alpha value is -0.980. The van der Waals surface area contributed by atoms with E-state index in [0.29, 0.717) is 0 Å². The molecular formula is C6H8N2O3S. The van der Waals surface area contributed by atoms with Gasteiger partial charge >= 0.3 is 10.1 Å². The van der Waals surface area contributed by atoms with Gasteiger partial charge in [0.1, 0.15) is 0 Å². The smallest absolute Gasteiger partial charge is 0.265 e. The highest BCUT2D eigenvalue weighted by Crippen LogP contribution is 2.07. The average Bonchev–Trinajstić information content (AvgIpc) is 2.06. The average molecular weight is 188 g/mol. The van der Waals surface area contributed by atoms with Crippen LogP contribution in [0.25, 0.3) is 0 Å². The van der Waals surface area contributed by atoms with E-state index >= 15 is 0 Å². The van der Waals surface area contributed by atoms with Crippen LogP contribution >= 0.6 is 0 Å². The highest BCUT2D eigenvalue weighted by Gasteiger charge is 2.13. The Balaban J connectivity index is 2.99. The van der Waals surface area contributed by atoms with E-state index in [1.807, 2.05) is 0 Å². The van der Waals surface area contributed by atoms with Crippen molar-refractivity contribution in [2.75, 3.05) is 7.05 Å². The zero-order valence-electron chi connectivity index (χ0n) is 6.39. The molecule has 0 spiro atoms. The van der Waals surface area contributed by atoms with E-state index in [2.05, 4.69) is 14.7 Å². The van der Waals surface area contributed by atoms with Gasteiger partial charge in [0.15, 0.2) is 0 Å². The Bertz CT molecular complexity index is 335. The fourth-order valence-corrected chi connectivity index (χ4v) is 1.43. The van der Waals surface area contributed by atoms with Crippen molar-refractivity contribution in [2.24, 2.45) is 0 Å². The lowest BCUT2D eigenvalue weighted by Gasteiger charge is -2.01. The van der Waals surface area contributed by atoms with E-state index in [4.69, 9.17) is 0 Å². The largest absolute Gasteiger partial charge is 0.312 e. The van der Waals surface area contributed by atoms with Crippen molar-refractivity contribution in [1.29, 1.82) is 0 Å². The first kappa shape index (κ1) is 9.11. The molecule has 12 heavy (non-hydrogen) atoms. The first-order valence-electron chi connectivity index (χ1n) is 3.17. The number of hydrogen-bond donors (Lipinski definition) is 1. The minimum atomic E-state index is -3.66. The first-order chi connectivity index (χ1) is 5.67. The fourth-order valence-electron chi connectivity index (χ4n) is 0.663. The maximum atomic E-state index is 11.1. The highest BCUT2D eigenvalue weighted by molar-refractivity contribution is 7.86. The molecule has 1 N–H and O–H groups in total. The molecule has 66 valence electrons. The van der Waals surface area contributed by atoms with Crippen LogP contribution in [0.5, 0.6) is 0 Å². The Morgan fingerprint density at radius 1 is 1.42 bits per heavy atom. The zero-order chi connectivity index (χ0) is 9.03. The molecule has 0 atom stereocenters. The van der Waals surface area contributed by atoms with Gasteiger partial charge in [-0.2, -0.15) is 18.2 Å². The molecule has 0 bridgehead atoms. The lowest BCUT2D eigenvalue weighted by atomic mass is 10.5. The van der Waals surface area contributed by atoms with Gasteiger partial charge < -0.3 is 0 Å². The molecule has 0 aliphatic carbocycles. The number of hydroxylamine groups is 1. The SMILES string of the molecule is CNOS(=O)(=O)c1ccncc1. The number of rotatable bonds is 3. The van der Waals surface area contributed by atoms with Crippen LogP contribution in [0.15, 0.2) is 29.4 Å². The van der Waals surface area contributed by atoms with Crippen LogP contribution in [0, 0.1) is 0 Å². The van der Waals surface area contributed by atoms with Crippen molar-refractivity contribution in [2.45, 2.75) is 4.90 Å². The molecule has 0 saturated carbocycles. The van der Waals surface area contributed by atoms with Crippen molar-refractivity contribution in [3.8, 4) is 0 Å². The first-order valence-corrected chi connectivity index (χ1v) is 4.58. The molecule has 0 aliphatic rings. The van der Waals surface area contributed by atoms with Crippen LogP contribution in [0.1, 0.15) is 0 Å². The molecule has 0 radical (unpaired) electrons. The standard InChI is InChI=1S/C6H8N2O3S/c1-7-11-12(9,10)6-2-4-8-5-3-6/h2-5,7H,1H3. The third-order valence-corrected chi connectivity index (χ3v) is 2.37. The third kappa shape index (κ3) is 2.00.